The highest BCUT2D eigenvalue weighted by Gasteiger charge is 2.06. The van der Waals surface area contributed by atoms with E-state index in [4.69, 9.17) is 9.47 Å². The van der Waals surface area contributed by atoms with Crippen molar-refractivity contribution in [3.63, 3.8) is 0 Å². The zero-order valence-electron chi connectivity index (χ0n) is 12.9. The largest absolute Gasteiger partial charge is 0.497 e. The minimum Gasteiger partial charge on any atom is -0.497 e. The van der Waals surface area contributed by atoms with E-state index in [1.807, 2.05) is 36.6 Å². The van der Waals surface area contributed by atoms with Crippen molar-refractivity contribution in [1.82, 2.24) is 4.98 Å². The molecule has 0 aliphatic heterocycles. The molecule has 0 atom stereocenters. The summed E-state index contributed by atoms with van der Waals surface area (Å²) in [7, 11) is 1.62. The first-order chi connectivity index (χ1) is 11.2. The number of ether oxygens (including phenoxy) is 2. The van der Waals surface area contributed by atoms with E-state index in [1.54, 1.807) is 13.3 Å². The van der Waals surface area contributed by atoms with E-state index in [0.29, 0.717) is 12.4 Å². The lowest BCUT2D eigenvalue weighted by Crippen LogP contribution is -1.98. The molecule has 3 aromatic rings. The van der Waals surface area contributed by atoms with Gasteiger partial charge in [0, 0.05) is 22.5 Å². The van der Waals surface area contributed by atoms with Gasteiger partial charge in [0.2, 0.25) is 0 Å². The van der Waals surface area contributed by atoms with Crippen molar-refractivity contribution in [2.45, 2.75) is 11.5 Å². The second-order valence-electron chi connectivity index (χ2n) is 4.98. The number of halogens is 1. The molecule has 3 rings (SSSR count). The molecule has 0 N–H and O–H groups in total. The van der Waals surface area contributed by atoms with Gasteiger partial charge in [-0.2, -0.15) is 0 Å². The van der Waals surface area contributed by atoms with Gasteiger partial charge in [-0.3, -0.25) is 4.98 Å². The molecule has 118 valence electrons. The zero-order chi connectivity index (χ0) is 16.2. The minimum atomic E-state index is -0.250. The molecule has 5 heteroatoms. The van der Waals surface area contributed by atoms with Crippen LogP contribution in [0.1, 0.15) is 5.56 Å². The number of methoxy groups -OCH3 is 1. The summed E-state index contributed by atoms with van der Waals surface area (Å²) in [5, 5.41) is 0.898. The Morgan fingerprint density at radius 3 is 2.78 bits per heavy atom. The van der Waals surface area contributed by atoms with Crippen LogP contribution in [0.25, 0.3) is 10.9 Å². The third kappa shape index (κ3) is 3.56. The van der Waals surface area contributed by atoms with Gasteiger partial charge in [0.1, 0.15) is 23.9 Å². The number of thioether (sulfide) groups is 1. The number of fused-ring (bicyclic) bond motifs is 1. The topological polar surface area (TPSA) is 31.4 Å². The van der Waals surface area contributed by atoms with Gasteiger partial charge >= 0.3 is 0 Å². The quantitative estimate of drug-likeness (QED) is 0.636. The molecule has 0 spiro atoms. The molecule has 0 bridgehead atoms. The number of rotatable bonds is 5. The first-order valence-corrected chi connectivity index (χ1v) is 8.31. The normalized spacial score (nSPS) is 10.7. The summed E-state index contributed by atoms with van der Waals surface area (Å²) in [6.45, 7) is 0.302. The number of aromatic nitrogens is 1. The highest BCUT2D eigenvalue weighted by molar-refractivity contribution is 7.98. The maximum Gasteiger partial charge on any atom is 0.130 e. The number of nitrogens with zero attached hydrogens (tertiary/aromatic N) is 1. The minimum absolute atomic E-state index is 0.250. The van der Waals surface area contributed by atoms with Gasteiger partial charge in [-0.25, -0.2) is 4.39 Å². The molecule has 0 aliphatic carbocycles. The summed E-state index contributed by atoms with van der Waals surface area (Å²) in [6.07, 6.45) is 3.61. The molecule has 1 aromatic heterocycles. The van der Waals surface area contributed by atoms with Gasteiger partial charge in [0.15, 0.2) is 0 Å². The summed E-state index contributed by atoms with van der Waals surface area (Å²) >= 11 is 1.51. The predicted molar refractivity (Wildman–Crippen MR) is 90.8 cm³/mol. The maximum absolute atomic E-state index is 13.6. The van der Waals surface area contributed by atoms with Crippen molar-refractivity contribution in [1.29, 1.82) is 0 Å². The first-order valence-electron chi connectivity index (χ1n) is 7.08. The number of hydrogen-bond donors (Lipinski definition) is 0. The Balaban J connectivity index is 1.86. The molecule has 0 amide bonds. The highest BCUT2D eigenvalue weighted by atomic mass is 32.2. The Morgan fingerprint density at radius 2 is 2.00 bits per heavy atom. The SMILES string of the molecule is COc1ccc2c(OCc3cc(F)cc(SC)c3)ccnc2c1. The summed E-state index contributed by atoms with van der Waals surface area (Å²) < 4.78 is 24.7. The molecule has 0 fully saturated rings. The third-order valence-electron chi connectivity index (χ3n) is 3.47. The maximum atomic E-state index is 13.6. The number of benzene rings is 2. The van der Waals surface area contributed by atoms with E-state index in [-0.39, 0.29) is 5.82 Å². The molecule has 0 aliphatic rings. The van der Waals surface area contributed by atoms with Crippen LogP contribution in [0.4, 0.5) is 4.39 Å². The predicted octanol–water partition coefficient (Wildman–Crippen LogP) is 4.68. The Bertz CT molecular complexity index is 838. The smallest absolute Gasteiger partial charge is 0.130 e. The summed E-state index contributed by atoms with van der Waals surface area (Å²) in [4.78, 5) is 5.21. The van der Waals surface area contributed by atoms with Crippen molar-refractivity contribution in [3.8, 4) is 11.5 Å². The highest BCUT2D eigenvalue weighted by Crippen LogP contribution is 2.28. The van der Waals surface area contributed by atoms with Crippen LogP contribution in [0.15, 0.2) is 53.6 Å². The molecule has 2 aromatic carbocycles. The average Bonchev–Trinajstić information content (AvgIpc) is 2.58. The fourth-order valence-corrected chi connectivity index (χ4v) is 2.84. The molecule has 1 heterocycles. The van der Waals surface area contributed by atoms with Crippen LogP contribution in [0.2, 0.25) is 0 Å². The van der Waals surface area contributed by atoms with Crippen LogP contribution in [-0.2, 0) is 6.61 Å². The summed E-state index contributed by atoms with van der Waals surface area (Å²) in [5.41, 5.74) is 1.60. The van der Waals surface area contributed by atoms with Crippen LogP contribution < -0.4 is 9.47 Å². The fraction of sp³-hybridized carbons (Fsp3) is 0.167. The number of hydrogen-bond acceptors (Lipinski definition) is 4. The molecule has 0 saturated carbocycles. The van der Waals surface area contributed by atoms with E-state index < -0.39 is 0 Å². The fourth-order valence-electron chi connectivity index (χ4n) is 2.34. The van der Waals surface area contributed by atoms with Crippen LogP contribution in [0.5, 0.6) is 11.5 Å². The molecule has 0 saturated heterocycles. The second-order valence-corrected chi connectivity index (χ2v) is 5.86. The molecule has 23 heavy (non-hydrogen) atoms. The summed E-state index contributed by atoms with van der Waals surface area (Å²) in [5.74, 6) is 1.21. The van der Waals surface area contributed by atoms with Crippen LogP contribution in [0.3, 0.4) is 0 Å². The van der Waals surface area contributed by atoms with Gasteiger partial charge in [-0.1, -0.05) is 0 Å². The van der Waals surface area contributed by atoms with Crippen molar-refractivity contribution >= 4 is 22.7 Å². The third-order valence-corrected chi connectivity index (χ3v) is 4.18. The Hall–Kier alpha value is -2.27. The lowest BCUT2D eigenvalue weighted by Gasteiger charge is -2.10. The standard InChI is InChI=1S/C18H16FNO2S/c1-21-14-3-4-16-17(10-14)20-6-5-18(16)22-11-12-7-13(19)9-15(8-12)23-2/h3-10H,11H2,1-2H3. The van der Waals surface area contributed by atoms with Crippen LogP contribution in [-0.4, -0.2) is 18.3 Å². The second kappa shape index (κ2) is 6.87. The van der Waals surface area contributed by atoms with Crippen molar-refractivity contribution in [2.24, 2.45) is 0 Å². The van der Waals surface area contributed by atoms with Gasteiger partial charge in [0.25, 0.3) is 0 Å². The molecular weight excluding hydrogens is 313 g/mol. The van der Waals surface area contributed by atoms with E-state index in [2.05, 4.69) is 4.98 Å². The van der Waals surface area contributed by atoms with Gasteiger partial charge < -0.3 is 9.47 Å². The van der Waals surface area contributed by atoms with Gasteiger partial charge in [-0.15, -0.1) is 11.8 Å². The van der Waals surface area contributed by atoms with Crippen LogP contribution >= 0.6 is 11.8 Å². The van der Waals surface area contributed by atoms with E-state index in [9.17, 15) is 4.39 Å². The first kappa shape index (κ1) is 15.6. The van der Waals surface area contributed by atoms with Crippen molar-refractivity contribution in [2.75, 3.05) is 13.4 Å². The van der Waals surface area contributed by atoms with Gasteiger partial charge in [-0.05, 0) is 48.2 Å². The Morgan fingerprint density at radius 1 is 1.13 bits per heavy atom. The molecule has 0 unspecified atom stereocenters. The lowest BCUT2D eigenvalue weighted by atomic mass is 10.2. The molecular formula is C18H16FNO2S. The number of pyridine rings is 1. The van der Waals surface area contributed by atoms with Gasteiger partial charge in [0.05, 0.1) is 12.6 Å². The average molecular weight is 329 g/mol. The van der Waals surface area contributed by atoms with Crippen molar-refractivity contribution in [3.05, 3.63) is 60.0 Å². The van der Waals surface area contributed by atoms with E-state index in [1.165, 1.54) is 23.9 Å². The molecule has 3 nitrogen and oxygen atoms in total. The molecule has 0 radical (unpaired) electrons. The van der Waals surface area contributed by atoms with E-state index >= 15 is 0 Å². The van der Waals surface area contributed by atoms with Crippen molar-refractivity contribution < 1.29 is 13.9 Å². The van der Waals surface area contributed by atoms with E-state index in [0.717, 1.165) is 27.1 Å². The van der Waals surface area contributed by atoms with Crippen LogP contribution in [0, 0.1) is 5.82 Å². The summed E-state index contributed by atoms with van der Waals surface area (Å²) in [6, 6.07) is 12.4. The zero-order valence-corrected chi connectivity index (χ0v) is 13.7. The Labute approximate surface area is 138 Å². The monoisotopic (exact) mass is 329 g/mol. The Kier molecular flexibility index (Phi) is 4.67. The lowest BCUT2D eigenvalue weighted by molar-refractivity contribution is 0.309.